The molecule has 0 spiro atoms. The van der Waals surface area contributed by atoms with E-state index in [-0.39, 0.29) is 0 Å². The quantitative estimate of drug-likeness (QED) is 0.418. The van der Waals surface area contributed by atoms with Gasteiger partial charge in [-0.05, 0) is 60.4 Å². The molecule has 3 aromatic carbocycles. The Hall–Kier alpha value is -2.94. The number of aromatic nitrogens is 1. The molecule has 0 aliphatic rings. The summed E-state index contributed by atoms with van der Waals surface area (Å²) in [7, 11) is 0. The van der Waals surface area contributed by atoms with Crippen molar-refractivity contribution in [2.45, 2.75) is 18.4 Å². The lowest BCUT2D eigenvalue weighted by Gasteiger charge is -2.25. The van der Waals surface area contributed by atoms with Crippen molar-refractivity contribution in [3.05, 3.63) is 119 Å². The topological polar surface area (TPSA) is 33.1 Å². The highest BCUT2D eigenvalue weighted by atomic mass is 35.5. The van der Waals surface area contributed by atoms with Gasteiger partial charge in [0.1, 0.15) is 5.60 Å². The number of benzene rings is 3. The van der Waals surface area contributed by atoms with Crippen LogP contribution >= 0.6 is 11.6 Å². The number of hydrogen-bond donors (Lipinski definition) is 1. The zero-order chi connectivity index (χ0) is 20.1. The summed E-state index contributed by atoms with van der Waals surface area (Å²) in [5.74, 6) is 0. The van der Waals surface area contributed by atoms with Crippen LogP contribution in [0.4, 0.5) is 0 Å². The molecular formula is C26H21ClNO. The second kappa shape index (κ2) is 8.60. The number of nitrogens with zero attached hydrogens (tertiary/aromatic N) is 1. The van der Waals surface area contributed by atoms with Crippen molar-refractivity contribution >= 4 is 28.6 Å². The van der Waals surface area contributed by atoms with E-state index >= 15 is 0 Å². The summed E-state index contributed by atoms with van der Waals surface area (Å²) in [6.45, 7) is 0. The van der Waals surface area contributed by atoms with E-state index in [0.29, 0.717) is 11.4 Å². The number of aliphatic hydroxyl groups is 1. The molecule has 4 aromatic rings. The van der Waals surface area contributed by atoms with Crippen LogP contribution < -0.4 is 0 Å². The van der Waals surface area contributed by atoms with E-state index < -0.39 is 5.60 Å². The maximum atomic E-state index is 11.5. The van der Waals surface area contributed by atoms with Gasteiger partial charge in [-0.1, -0.05) is 78.3 Å². The number of fused-ring (bicyclic) bond motifs is 1. The molecule has 1 atom stereocenters. The maximum Gasteiger partial charge on any atom is 0.108 e. The predicted molar refractivity (Wildman–Crippen MR) is 120 cm³/mol. The van der Waals surface area contributed by atoms with Crippen LogP contribution in [0.2, 0.25) is 5.02 Å². The Kier molecular flexibility index (Phi) is 5.75. The molecule has 0 bridgehead atoms. The lowest BCUT2D eigenvalue weighted by molar-refractivity contribution is 0.0807. The summed E-state index contributed by atoms with van der Waals surface area (Å²) in [6.07, 6.45) is 5.05. The Morgan fingerprint density at radius 2 is 1.72 bits per heavy atom. The predicted octanol–water partition coefficient (Wildman–Crippen LogP) is 6.22. The Morgan fingerprint density at radius 1 is 0.966 bits per heavy atom. The van der Waals surface area contributed by atoms with Crippen LogP contribution in [-0.2, 0) is 12.0 Å². The van der Waals surface area contributed by atoms with Gasteiger partial charge in [-0.25, -0.2) is 4.98 Å². The monoisotopic (exact) mass is 398 g/mol. The van der Waals surface area contributed by atoms with Crippen LogP contribution in [0.5, 0.6) is 0 Å². The van der Waals surface area contributed by atoms with Crippen molar-refractivity contribution in [3.8, 4) is 0 Å². The molecule has 3 heteroatoms. The molecule has 0 aliphatic carbocycles. The van der Waals surface area contributed by atoms with Gasteiger partial charge in [-0.3, -0.25) is 0 Å². The maximum absolute atomic E-state index is 11.5. The van der Waals surface area contributed by atoms with Gasteiger partial charge in [0.05, 0.1) is 11.2 Å². The number of halogens is 1. The van der Waals surface area contributed by atoms with Crippen molar-refractivity contribution in [1.82, 2.24) is 4.98 Å². The third-order valence-corrected chi connectivity index (χ3v) is 5.30. The van der Waals surface area contributed by atoms with Gasteiger partial charge in [0.2, 0.25) is 0 Å². The summed E-state index contributed by atoms with van der Waals surface area (Å²) in [4.78, 5) is 4.66. The molecule has 1 N–H and O–H groups in total. The van der Waals surface area contributed by atoms with Crippen molar-refractivity contribution in [3.63, 3.8) is 0 Å². The van der Waals surface area contributed by atoms with Gasteiger partial charge < -0.3 is 5.11 Å². The lowest BCUT2D eigenvalue weighted by Crippen LogP contribution is -2.23. The standard InChI is InChI=1S/C26H21ClNO/c27-23-13-11-21-12-14-24(28-25(21)19-23)16-18-26(29,22-9-5-2-6-10-22)17-15-20-7-3-1-4-8-20/h2-14,16,18-19,29H,15,17H2. The summed E-state index contributed by atoms with van der Waals surface area (Å²) in [5, 5.41) is 13.2. The zero-order valence-corrected chi connectivity index (χ0v) is 16.7. The molecule has 0 fully saturated rings. The molecule has 0 saturated carbocycles. The number of aryl methyl sites for hydroxylation is 1. The van der Waals surface area contributed by atoms with E-state index in [9.17, 15) is 5.11 Å². The van der Waals surface area contributed by atoms with Crippen LogP contribution in [0, 0.1) is 6.07 Å². The number of hydrogen-bond acceptors (Lipinski definition) is 2. The first kappa shape index (κ1) is 19.4. The van der Waals surface area contributed by atoms with Crippen molar-refractivity contribution < 1.29 is 5.11 Å². The molecule has 1 radical (unpaired) electrons. The van der Waals surface area contributed by atoms with Crippen molar-refractivity contribution in [1.29, 1.82) is 0 Å². The summed E-state index contributed by atoms with van der Waals surface area (Å²) in [5.41, 5.74) is 2.56. The molecule has 1 unspecified atom stereocenters. The van der Waals surface area contributed by atoms with Gasteiger partial charge >= 0.3 is 0 Å². The van der Waals surface area contributed by atoms with Gasteiger partial charge in [-0.2, -0.15) is 0 Å². The number of rotatable bonds is 6. The molecule has 1 aromatic heterocycles. The highest BCUT2D eigenvalue weighted by Gasteiger charge is 2.25. The second-order valence-corrected chi connectivity index (χ2v) is 7.54. The molecular weight excluding hydrogens is 378 g/mol. The van der Waals surface area contributed by atoms with Gasteiger partial charge in [0, 0.05) is 10.4 Å². The van der Waals surface area contributed by atoms with Crippen LogP contribution in [-0.4, -0.2) is 10.1 Å². The fourth-order valence-electron chi connectivity index (χ4n) is 3.40. The van der Waals surface area contributed by atoms with E-state index in [4.69, 9.17) is 11.6 Å². The average Bonchev–Trinajstić information content (AvgIpc) is 2.77. The summed E-state index contributed by atoms with van der Waals surface area (Å²) < 4.78 is 0. The molecule has 4 rings (SSSR count). The third kappa shape index (κ3) is 4.73. The molecule has 2 nitrogen and oxygen atoms in total. The normalized spacial score (nSPS) is 13.6. The van der Waals surface area contributed by atoms with Crippen LogP contribution in [0.25, 0.3) is 17.0 Å². The van der Waals surface area contributed by atoms with E-state index in [2.05, 4.69) is 11.1 Å². The van der Waals surface area contributed by atoms with Crippen LogP contribution in [0.3, 0.4) is 0 Å². The van der Waals surface area contributed by atoms with E-state index in [1.807, 2.05) is 97.1 Å². The Labute approximate surface area is 176 Å². The molecule has 29 heavy (non-hydrogen) atoms. The first-order valence-corrected chi connectivity index (χ1v) is 9.99. The zero-order valence-electron chi connectivity index (χ0n) is 15.9. The highest BCUT2D eigenvalue weighted by Crippen LogP contribution is 2.29. The minimum atomic E-state index is -1.09. The molecule has 0 aliphatic heterocycles. The smallest absolute Gasteiger partial charge is 0.108 e. The number of pyridine rings is 1. The third-order valence-electron chi connectivity index (χ3n) is 5.06. The molecule has 1 heterocycles. The molecule has 0 saturated heterocycles. The fraction of sp³-hybridized carbons (Fsp3) is 0.115. The fourth-order valence-corrected chi connectivity index (χ4v) is 3.56. The Bertz CT molecular complexity index is 1130. The van der Waals surface area contributed by atoms with Crippen molar-refractivity contribution in [2.24, 2.45) is 0 Å². The van der Waals surface area contributed by atoms with E-state index in [1.54, 1.807) is 0 Å². The Balaban J connectivity index is 1.64. The lowest BCUT2D eigenvalue weighted by atomic mass is 9.87. The average molecular weight is 399 g/mol. The first-order chi connectivity index (χ1) is 14.1. The SMILES string of the molecule is OC(C=Cc1ccc2ccc(Cl)cc2n1)(CCc1cc[c]cc1)c1ccccc1. The summed E-state index contributed by atoms with van der Waals surface area (Å²) in [6, 6.07) is 30.3. The minimum Gasteiger partial charge on any atom is -0.381 e. The molecule has 143 valence electrons. The highest BCUT2D eigenvalue weighted by molar-refractivity contribution is 6.31. The second-order valence-electron chi connectivity index (χ2n) is 7.11. The minimum absolute atomic E-state index is 0.566. The largest absolute Gasteiger partial charge is 0.381 e. The summed E-state index contributed by atoms with van der Waals surface area (Å²) >= 11 is 6.10. The van der Waals surface area contributed by atoms with Gasteiger partial charge in [0.15, 0.2) is 0 Å². The van der Waals surface area contributed by atoms with E-state index in [1.165, 1.54) is 5.56 Å². The Morgan fingerprint density at radius 3 is 2.52 bits per heavy atom. The first-order valence-electron chi connectivity index (χ1n) is 9.61. The van der Waals surface area contributed by atoms with Crippen molar-refractivity contribution in [2.75, 3.05) is 0 Å². The van der Waals surface area contributed by atoms with Crippen LogP contribution in [0.1, 0.15) is 23.2 Å². The van der Waals surface area contributed by atoms with Gasteiger partial charge in [-0.15, -0.1) is 0 Å². The van der Waals surface area contributed by atoms with E-state index in [0.717, 1.165) is 28.6 Å². The molecule has 0 amide bonds. The van der Waals surface area contributed by atoms with Crippen LogP contribution in [0.15, 0.2) is 91.0 Å². The van der Waals surface area contributed by atoms with Gasteiger partial charge in [0.25, 0.3) is 0 Å².